The maximum absolute atomic E-state index is 4.50. The predicted molar refractivity (Wildman–Crippen MR) is 160 cm³/mol. The summed E-state index contributed by atoms with van der Waals surface area (Å²) < 4.78 is 0. The van der Waals surface area contributed by atoms with E-state index in [1.165, 1.54) is 48.6 Å². The van der Waals surface area contributed by atoms with Gasteiger partial charge in [0.05, 0.1) is 0 Å². The fourth-order valence-electron chi connectivity index (χ4n) is 5.36. The molecule has 0 aliphatic heterocycles. The quantitative estimate of drug-likeness (QED) is 0.158. The zero-order chi connectivity index (χ0) is 23.9. The van der Waals surface area contributed by atoms with Gasteiger partial charge >= 0.3 is 216 Å². The van der Waals surface area contributed by atoms with Gasteiger partial charge in [-0.1, -0.05) is 0 Å². The van der Waals surface area contributed by atoms with E-state index in [2.05, 4.69) is 162 Å². The van der Waals surface area contributed by atoms with Gasteiger partial charge in [-0.15, -0.1) is 0 Å². The molecule has 0 amide bonds. The standard InChI is InChI=1S/C33H26BrP/c1-35(34,28-16-4-2-5-17-28,29-18-6-3-7-19-29)33-22-11-10-20-31(33)30-21-12-15-27-23-25-13-8-9-14-26(25)24-32(27)30/h2-24H,1H3. The van der Waals surface area contributed by atoms with Crippen LogP contribution in [0.15, 0.2) is 140 Å². The molecule has 6 aromatic carbocycles. The third-order valence-corrected chi connectivity index (χ3v) is 15.4. The molecule has 170 valence electrons. The van der Waals surface area contributed by atoms with Crippen LogP contribution in [0.3, 0.4) is 0 Å². The molecule has 0 atom stereocenters. The van der Waals surface area contributed by atoms with Crippen molar-refractivity contribution in [2.75, 3.05) is 6.66 Å². The van der Waals surface area contributed by atoms with E-state index in [0.29, 0.717) is 0 Å². The number of hydrogen-bond acceptors (Lipinski definition) is 0. The molecular formula is C33H26BrP. The zero-order valence-corrected chi connectivity index (χ0v) is 22.1. The molecule has 0 aromatic heterocycles. The monoisotopic (exact) mass is 532 g/mol. The SMILES string of the molecule is CP(Br)(c1ccccc1)(c1ccccc1)c1ccccc1-c1cccc2cc3ccccc3cc12. The first kappa shape index (κ1) is 22.2. The van der Waals surface area contributed by atoms with Crippen LogP contribution in [0.1, 0.15) is 0 Å². The Morgan fingerprint density at radius 1 is 0.457 bits per heavy atom. The van der Waals surface area contributed by atoms with Gasteiger partial charge in [0.25, 0.3) is 0 Å². The summed E-state index contributed by atoms with van der Waals surface area (Å²) >= 11 is 4.50. The van der Waals surface area contributed by atoms with Gasteiger partial charge in [0.1, 0.15) is 0 Å². The van der Waals surface area contributed by atoms with Crippen LogP contribution in [0.2, 0.25) is 0 Å². The van der Waals surface area contributed by atoms with Crippen LogP contribution in [0.5, 0.6) is 0 Å². The van der Waals surface area contributed by atoms with Crippen LogP contribution in [-0.2, 0) is 0 Å². The third-order valence-electron chi connectivity index (χ3n) is 7.25. The minimum absolute atomic E-state index is 1.27. The summed E-state index contributed by atoms with van der Waals surface area (Å²) in [5, 5.41) is 6.13. The topological polar surface area (TPSA) is 0 Å². The van der Waals surface area contributed by atoms with Crippen LogP contribution in [0.4, 0.5) is 0 Å². The van der Waals surface area contributed by atoms with Crippen LogP contribution in [-0.4, -0.2) is 6.66 Å². The maximum atomic E-state index is 4.50. The summed E-state index contributed by atoms with van der Waals surface area (Å²) in [5.41, 5.74) is 2.55. The first-order chi connectivity index (χ1) is 17.1. The molecule has 0 spiro atoms. The van der Waals surface area contributed by atoms with Crippen LogP contribution < -0.4 is 15.9 Å². The van der Waals surface area contributed by atoms with E-state index >= 15 is 0 Å². The Balaban J connectivity index is 1.71. The Bertz CT molecular complexity index is 1630. The first-order valence-electron chi connectivity index (χ1n) is 11.9. The summed E-state index contributed by atoms with van der Waals surface area (Å²) in [6.07, 6.45) is 0. The van der Waals surface area contributed by atoms with Gasteiger partial charge in [-0.2, -0.15) is 0 Å². The molecule has 0 bridgehead atoms. The summed E-state index contributed by atoms with van der Waals surface area (Å²) in [5.74, 6) is 0. The molecule has 35 heavy (non-hydrogen) atoms. The molecule has 0 radical (unpaired) electrons. The van der Waals surface area contributed by atoms with Gasteiger partial charge in [-0.3, -0.25) is 0 Å². The predicted octanol–water partition coefficient (Wildman–Crippen LogP) is 8.43. The molecule has 6 rings (SSSR count). The van der Waals surface area contributed by atoms with Crippen molar-refractivity contribution >= 4 is 58.3 Å². The van der Waals surface area contributed by atoms with Crippen molar-refractivity contribution in [1.82, 2.24) is 0 Å². The van der Waals surface area contributed by atoms with Crippen molar-refractivity contribution in [2.45, 2.75) is 0 Å². The minimum atomic E-state index is -2.95. The van der Waals surface area contributed by atoms with Crippen molar-refractivity contribution in [1.29, 1.82) is 0 Å². The molecule has 0 unspecified atom stereocenters. The van der Waals surface area contributed by atoms with Gasteiger partial charge in [-0.25, -0.2) is 0 Å². The van der Waals surface area contributed by atoms with Gasteiger partial charge in [0.15, 0.2) is 0 Å². The van der Waals surface area contributed by atoms with E-state index in [1.54, 1.807) is 0 Å². The van der Waals surface area contributed by atoms with Crippen LogP contribution in [0.25, 0.3) is 32.7 Å². The summed E-state index contributed by atoms with van der Waals surface area (Å²) in [6.45, 7) is 2.43. The molecule has 0 saturated heterocycles. The Labute approximate surface area is 214 Å². The summed E-state index contributed by atoms with van der Waals surface area (Å²) in [6, 6.07) is 50.8. The molecular weight excluding hydrogens is 507 g/mol. The molecule has 0 saturated carbocycles. The van der Waals surface area contributed by atoms with E-state index in [1.807, 2.05) is 0 Å². The second-order valence-electron chi connectivity index (χ2n) is 9.34. The first-order valence-corrected chi connectivity index (χ1v) is 16.6. The molecule has 0 fully saturated rings. The normalized spacial score (nSPS) is 12.9. The second kappa shape index (κ2) is 8.45. The van der Waals surface area contributed by atoms with Gasteiger partial charge < -0.3 is 0 Å². The fourth-order valence-corrected chi connectivity index (χ4v) is 11.5. The molecule has 0 aliphatic rings. The van der Waals surface area contributed by atoms with Crippen molar-refractivity contribution in [3.05, 3.63) is 140 Å². The van der Waals surface area contributed by atoms with Gasteiger partial charge in [0, 0.05) is 0 Å². The Morgan fingerprint density at radius 2 is 0.943 bits per heavy atom. The van der Waals surface area contributed by atoms with Crippen molar-refractivity contribution in [2.24, 2.45) is 0 Å². The van der Waals surface area contributed by atoms with Gasteiger partial charge in [-0.05, 0) is 0 Å². The molecule has 2 heteroatoms. The van der Waals surface area contributed by atoms with E-state index in [9.17, 15) is 0 Å². The van der Waals surface area contributed by atoms with E-state index in [0.717, 1.165) is 0 Å². The zero-order valence-electron chi connectivity index (χ0n) is 19.6. The number of hydrogen-bond donors (Lipinski definition) is 0. The number of rotatable bonds is 4. The van der Waals surface area contributed by atoms with Crippen LogP contribution >= 0.6 is 20.8 Å². The average Bonchev–Trinajstić information content (AvgIpc) is 2.93. The average molecular weight is 533 g/mol. The molecule has 0 aliphatic carbocycles. The third kappa shape index (κ3) is 3.54. The number of benzene rings is 6. The molecule has 6 aromatic rings. The molecule has 0 N–H and O–H groups in total. The molecule has 0 nitrogen and oxygen atoms in total. The van der Waals surface area contributed by atoms with E-state index in [4.69, 9.17) is 0 Å². The fraction of sp³-hybridized carbons (Fsp3) is 0.0303. The Kier molecular flexibility index (Phi) is 5.37. The summed E-state index contributed by atoms with van der Waals surface area (Å²) in [4.78, 5) is 0. The van der Waals surface area contributed by atoms with Gasteiger partial charge in [0.2, 0.25) is 0 Å². The molecule has 0 heterocycles. The van der Waals surface area contributed by atoms with Crippen molar-refractivity contribution in [3.63, 3.8) is 0 Å². The summed E-state index contributed by atoms with van der Waals surface area (Å²) in [7, 11) is 0. The number of halogens is 1. The van der Waals surface area contributed by atoms with E-state index < -0.39 is 5.31 Å². The van der Waals surface area contributed by atoms with Crippen molar-refractivity contribution in [3.8, 4) is 11.1 Å². The Morgan fingerprint density at radius 3 is 1.60 bits per heavy atom. The Hall–Kier alpha value is -3.25. The number of fused-ring (bicyclic) bond motifs is 2. The van der Waals surface area contributed by atoms with Crippen LogP contribution in [0, 0.1) is 0 Å². The van der Waals surface area contributed by atoms with E-state index in [-0.39, 0.29) is 0 Å². The van der Waals surface area contributed by atoms with Crippen molar-refractivity contribution < 1.29 is 0 Å². The second-order valence-corrected chi connectivity index (χ2v) is 19.0.